The summed E-state index contributed by atoms with van der Waals surface area (Å²) in [7, 11) is 0. The summed E-state index contributed by atoms with van der Waals surface area (Å²) in [6, 6.07) is 13.5. The van der Waals surface area contributed by atoms with E-state index in [-0.39, 0.29) is 19.2 Å². The molecular formula is C16H15IN2O3. The number of halogens is 1. The van der Waals surface area contributed by atoms with E-state index in [1.54, 1.807) is 0 Å². The molecule has 0 saturated heterocycles. The van der Waals surface area contributed by atoms with Crippen LogP contribution in [0.1, 0.15) is 5.56 Å². The molecule has 1 amide bonds. The van der Waals surface area contributed by atoms with Crippen molar-refractivity contribution in [2.75, 3.05) is 18.7 Å². The molecule has 0 saturated carbocycles. The summed E-state index contributed by atoms with van der Waals surface area (Å²) >= 11 is 2.23. The summed E-state index contributed by atoms with van der Waals surface area (Å²) in [5.74, 6) is 1.41. The molecule has 0 radical (unpaired) electrons. The van der Waals surface area contributed by atoms with Crippen LogP contribution in [0.4, 0.5) is 5.69 Å². The number of carbonyl (C=O) groups is 1. The average molecular weight is 410 g/mol. The van der Waals surface area contributed by atoms with Crippen LogP contribution in [0.2, 0.25) is 0 Å². The molecule has 0 unspecified atom stereocenters. The first-order valence-electron chi connectivity index (χ1n) is 6.86. The Morgan fingerprint density at radius 1 is 1.14 bits per heavy atom. The normalized spacial score (nSPS) is 12.0. The zero-order valence-corrected chi connectivity index (χ0v) is 13.9. The second kappa shape index (κ2) is 6.87. The van der Waals surface area contributed by atoms with Gasteiger partial charge in [0.05, 0.1) is 6.54 Å². The summed E-state index contributed by atoms with van der Waals surface area (Å²) in [5, 5.41) is 6.01. The van der Waals surface area contributed by atoms with E-state index >= 15 is 0 Å². The van der Waals surface area contributed by atoms with Crippen molar-refractivity contribution in [3.05, 3.63) is 51.6 Å². The van der Waals surface area contributed by atoms with Crippen LogP contribution in [0.25, 0.3) is 0 Å². The fourth-order valence-electron chi connectivity index (χ4n) is 2.09. The van der Waals surface area contributed by atoms with Gasteiger partial charge in [-0.05, 0) is 52.4 Å². The van der Waals surface area contributed by atoms with Crippen LogP contribution < -0.4 is 20.1 Å². The highest BCUT2D eigenvalue weighted by molar-refractivity contribution is 14.1. The van der Waals surface area contributed by atoms with E-state index in [0.717, 1.165) is 26.3 Å². The lowest BCUT2D eigenvalue weighted by atomic mass is 10.2. The number of carbonyl (C=O) groups excluding carboxylic acids is 1. The number of fused-ring (bicyclic) bond motifs is 1. The third-order valence-corrected chi connectivity index (χ3v) is 4.18. The molecule has 2 aromatic rings. The van der Waals surface area contributed by atoms with Gasteiger partial charge in [0, 0.05) is 15.8 Å². The standard InChI is InChI=1S/C16H15IN2O3/c17-12-3-1-2-4-13(12)18-9-16(20)19-8-11-5-6-14-15(7-11)22-10-21-14/h1-7,18H,8-10H2,(H,19,20). The van der Waals surface area contributed by atoms with Crippen molar-refractivity contribution in [3.8, 4) is 11.5 Å². The Balaban J connectivity index is 1.49. The van der Waals surface area contributed by atoms with Crippen molar-refractivity contribution < 1.29 is 14.3 Å². The molecule has 0 aliphatic carbocycles. The monoisotopic (exact) mass is 410 g/mol. The van der Waals surface area contributed by atoms with Crippen LogP contribution in [-0.4, -0.2) is 19.2 Å². The first-order valence-corrected chi connectivity index (χ1v) is 7.94. The van der Waals surface area contributed by atoms with Gasteiger partial charge in [-0.1, -0.05) is 18.2 Å². The Kier molecular flexibility index (Phi) is 4.67. The first kappa shape index (κ1) is 15.0. The van der Waals surface area contributed by atoms with Crippen LogP contribution in [-0.2, 0) is 11.3 Å². The molecule has 2 N–H and O–H groups in total. The Hall–Kier alpha value is -1.96. The maximum atomic E-state index is 11.9. The van der Waals surface area contributed by atoms with Gasteiger partial charge in [-0.15, -0.1) is 0 Å². The van der Waals surface area contributed by atoms with E-state index in [1.807, 2.05) is 42.5 Å². The van der Waals surface area contributed by atoms with Crippen molar-refractivity contribution in [3.63, 3.8) is 0 Å². The van der Waals surface area contributed by atoms with Gasteiger partial charge in [-0.2, -0.15) is 0 Å². The average Bonchev–Trinajstić information content (AvgIpc) is 2.99. The van der Waals surface area contributed by atoms with Crippen molar-refractivity contribution in [1.82, 2.24) is 5.32 Å². The lowest BCUT2D eigenvalue weighted by Crippen LogP contribution is -2.29. The summed E-state index contributed by atoms with van der Waals surface area (Å²) < 4.78 is 11.7. The van der Waals surface area contributed by atoms with Gasteiger partial charge in [0.1, 0.15) is 0 Å². The highest BCUT2D eigenvalue weighted by atomic mass is 127. The number of amides is 1. The van der Waals surface area contributed by atoms with Gasteiger partial charge in [-0.3, -0.25) is 4.79 Å². The third-order valence-electron chi connectivity index (χ3n) is 3.24. The number of hydrogen-bond donors (Lipinski definition) is 2. The summed E-state index contributed by atoms with van der Waals surface area (Å²) in [4.78, 5) is 11.9. The van der Waals surface area contributed by atoms with Crippen molar-refractivity contribution >= 4 is 34.2 Å². The van der Waals surface area contributed by atoms with Crippen LogP contribution in [0.5, 0.6) is 11.5 Å². The minimum atomic E-state index is -0.0580. The number of anilines is 1. The predicted molar refractivity (Wildman–Crippen MR) is 92.1 cm³/mol. The molecule has 0 bridgehead atoms. The second-order valence-corrected chi connectivity index (χ2v) is 5.96. The Bertz CT molecular complexity index is 691. The molecule has 6 heteroatoms. The molecule has 3 rings (SSSR count). The largest absolute Gasteiger partial charge is 0.454 e. The maximum Gasteiger partial charge on any atom is 0.239 e. The smallest absolute Gasteiger partial charge is 0.239 e. The minimum absolute atomic E-state index is 0.0580. The molecule has 0 aromatic heterocycles. The Morgan fingerprint density at radius 2 is 1.95 bits per heavy atom. The van der Waals surface area contributed by atoms with Gasteiger partial charge < -0.3 is 20.1 Å². The van der Waals surface area contributed by atoms with Crippen molar-refractivity contribution in [2.24, 2.45) is 0 Å². The van der Waals surface area contributed by atoms with Gasteiger partial charge in [0.25, 0.3) is 0 Å². The molecule has 22 heavy (non-hydrogen) atoms. The summed E-state index contributed by atoms with van der Waals surface area (Å²) in [6.07, 6.45) is 0. The van der Waals surface area contributed by atoms with Gasteiger partial charge in [0.2, 0.25) is 12.7 Å². The first-order chi connectivity index (χ1) is 10.7. The van der Waals surface area contributed by atoms with E-state index in [2.05, 4.69) is 33.2 Å². The van der Waals surface area contributed by atoms with Crippen molar-refractivity contribution in [1.29, 1.82) is 0 Å². The van der Waals surface area contributed by atoms with Gasteiger partial charge in [0.15, 0.2) is 11.5 Å². The van der Waals surface area contributed by atoms with Crippen LogP contribution in [0, 0.1) is 3.57 Å². The molecule has 0 fully saturated rings. The molecular weight excluding hydrogens is 395 g/mol. The lowest BCUT2D eigenvalue weighted by Gasteiger charge is -2.09. The molecule has 0 atom stereocenters. The molecule has 0 spiro atoms. The van der Waals surface area contributed by atoms with Crippen LogP contribution in [0.15, 0.2) is 42.5 Å². The molecule has 2 aromatic carbocycles. The number of rotatable bonds is 5. The second-order valence-electron chi connectivity index (χ2n) is 4.80. The summed E-state index contributed by atoms with van der Waals surface area (Å²) in [6.45, 7) is 0.957. The molecule has 5 nitrogen and oxygen atoms in total. The van der Waals surface area contributed by atoms with Crippen LogP contribution in [0.3, 0.4) is 0 Å². The molecule has 1 heterocycles. The highest BCUT2D eigenvalue weighted by Crippen LogP contribution is 2.32. The fourth-order valence-corrected chi connectivity index (χ4v) is 2.67. The zero-order chi connectivity index (χ0) is 15.4. The zero-order valence-electron chi connectivity index (χ0n) is 11.8. The van der Waals surface area contributed by atoms with E-state index in [1.165, 1.54) is 0 Å². The number of ether oxygens (including phenoxy) is 2. The number of hydrogen-bond acceptors (Lipinski definition) is 4. The van der Waals surface area contributed by atoms with E-state index in [4.69, 9.17) is 9.47 Å². The highest BCUT2D eigenvalue weighted by Gasteiger charge is 2.13. The molecule has 114 valence electrons. The minimum Gasteiger partial charge on any atom is -0.454 e. The van der Waals surface area contributed by atoms with Crippen LogP contribution >= 0.6 is 22.6 Å². The fraction of sp³-hybridized carbons (Fsp3) is 0.188. The predicted octanol–water partition coefficient (Wildman–Crippen LogP) is 2.75. The number of nitrogens with one attached hydrogen (secondary N) is 2. The Labute approximate surface area is 142 Å². The SMILES string of the molecule is O=C(CNc1ccccc1I)NCc1ccc2c(c1)OCO2. The Morgan fingerprint density at radius 3 is 2.82 bits per heavy atom. The van der Waals surface area contributed by atoms with Gasteiger partial charge in [-0.25, -0.2) is 0 Å². The quantitative estimate of drug-likeness (QED) is 0.745. The topological polar surface area (TPSA) is 59.6 Å². The van der Waals surface area contributed by atoms with E-state index in [0.29, 0.717) is 6.54 Å². The van der Waals surface area contributed by atoms with E-state index < -0.39 is 0 Å². The maximum absolute atomic E-state index is 11.9. The van der Waals surface area contributed by atoms with E-state index in [9.17, 15) is 4.79 Å². The summed E-state index contributed by atoms with van der Waals surface area (Å²) in [5.41, 5.74) is 1.94. The number of para-hydroxylation sites is 1. The van der Waals surface area contributed by atoms with Crippen molar-refractivity contribution in [2.45, 2.75) is 6.54 Å². The lowest BCUT2D eigenvalue weighted by molar-refractivity contribution is -0.119. The third kappa shape index (κ3) is 3.62. The molecule has 1 aliphatic heterocycles. The van der Waals surface area contributed by atoms with Gasteiger partial charge >= 0.3 is 0 Å². The number of benzene rings is 2. The molecule has 1 aliphatic rings.